The lowest BCUT2D eigenvalue weighted by Gasteiger charge is -2.32. The van der Waals surface area contributed by atoms with Gasteiger partial charge >= 0.3 is 0 Å². The zero-order valence-electron chi connectivity index (χ0n) is 18.2. The fraction of sp³-hybridized carbons (Fsp3) is 0.185. The number of aryl methyl sites for hydroxylation is 2. The van der Waals surface area contributed by atoms with Gasteiger partial charge in [0.05, 0.1) is 18.4 Å². The number of carbonyl (C=O) groups excluding carboxylic acids is 2. The van der Waals surface area contributed by atoms with Crippen molar-refractivity contribution in [2.24, 2.45) is 0 Å². The van der Waals surface area contributed by atoms with Crippen LogP contribution in [0.15, 0.2) is 78.5 Å². The first-order valence-electron chi connectivity index (χ1n) is 10.8. The van der Waals surface area contributed by atoms with Gasteiger partial charge in [-0.15, -0.1) is 0 Å². The van der Waals surface area contributed by atoms with Crippen LogP contribution in [0.25, 0.3) is 5.57 Å². The van der Waals surface area contributed by atoms with Crippen LogP contribution in [0.4, 0.5) is 11.4 Å². The molecule has 5 nitrogen and oxygen atoms in total. The fourth-order valence-corrected chi connectivity index (χ4v) is 4.63. The van der Waals surface area contributed by atoms with E-state index in [0.29, 0.717) is 34.8 Å². The second kappa shape index (κ2) is 8.00. The van der Waals surface area contributed by atoms with Gasteiger partial charge in [0.15, 0.2) is 0 Å². The van der Waals surface area contributed by atoms with Gasteiger partial charge in [0.1, 0.15) is 11.4 Å². The fourth-order valence-electron chi connectivity index (χ4n) is 4.63. The number of ether oxygens (including phenoxy) is 1. The average molecular weight is 425 g/mol. The molecule has 3 aromatic rings. The number of carbonyl (C=O) groups is 2. The van der Waals surface area contributed by atoms with E-state index in [1.807, 2.05) is 72.5 Å². The molecule has 0 saturated carbocycles. The molecule has 0 radical (unpaired) electrons. The Morgan fingerprint density at radius 3 is 2.47 bits per heavy atom. The SMILES string of the molecule is COc1ccccc1C1=C(N2CCCc3ccccc32)C(=O)N(c2cccc(C)c2)C1=O. The van der Waals surface area contributed by atoms with E-state index in [2.05, 4.69) is 6.07 Å². The molecule has 0 bridgehead atoms. The molecule has 0 spiro atoms. The Morgan fingerprint density at radius 1 is 0.875 bits per heavy atom. The molecule has 32 heavy (non-hydrogen) atoms. The molecule has 0 aliphatic carbocycles. The number of anilines is 2. The number of nitrogens with zero attached hydrogens (tertiary/aromatic N) is 2. The molecule has 5 rings (SSSR count). The maximum absolute atomic E-state index is 13.9. The van der Waals surface area contributed by atoms with Gasteiger partial charge in [-0.25, -0.2) is 4.90 Å². The van der Waals surface area contributed by atoms with Crippen molar-refractivity contribution >= 4 is 28.8 Å². The smallest absolute Gasteiger partial charge is 0.282 e. The summed E-state index contributed by atoms with van der Waals surface area (Å²) in [6.07, 6.45) is 1.86. The summed E-state index contributed by atoms with van der Waals surface area (Å²) in [5, 5.41) is 0. The Morgan fingerprint density at radius 2 is 1.66 bits per heavy atom. The van der Waals surface area contributed by atoms with Crippen molar-refractivity contribution in [3.05, 3.63) is 95.2 Å². The van der Waals surface area contributed by atoms with Gasteiger partial charge in [-0.3, -0.25) is 9.59 Å². The van der Waals surface area contributed by atoms with E-state index in [9.17, 15) is 9.59 Å². The van der Waals surface area contributed by atoms with Crippen LogP contribution >= 0.6 is 0 Å². The van der Waals surface area contributed by atoms with Crippen molar-refractivity contribution < 1.29 is 14.3 Å². The van der Waals surface area contributed by atoms with Crippen molar-refractivity contribution in [3.8, 4) is 5.75 Å². The lowest BCUT2D eigenvalue weighted by molar-refractivity contribution is -0.120. The monoisotopic (exact) mass is 424 g/mol. The van der Waals surface area contributed by atoms with E-state index >= 15 is 0 Å². The summed E-state index contributed by atoms with van der Waals surface area (Å²) >= 11 is 0. The number of para-hydroxylation sites is 2. The zero-order chi connectivity index (χ0) is 22.2. The van der Waals surface area contributed by atoms with Crippen LogP contribution in [-0.2, 0) is 16.0 Å². The first-order valence-corrected chi connectivity index (χ1v) is 10.8. The quantitative estimate of drug-likeness (QED) is 0.568. The van der Waals surface area contributed by atoms with Gasteiger partial charge in [0.2, 0.25) is 0 Å². The van der Waals surface area contributed by atoms with Gasteiger partial charge in [-0.05, 0) is 55.2 Å². The summed E-state index contributed by atoms with van der Waals surface area (Å²) in [5.74, 6) is -0.0705. The summed E-state index contributed by atoms with van der Waals surface area (Å²) in [4.78, 5) is 31.0. The summed E-state index contributed by atoms with van der Waals surface area (Å²) in [5.41, 5.74) is 5.14. The van der Waals surface area contributed by atoms with Crippen molar-refractivity contribution in [2.45, 2.75) is 19.8 Å². The van der Waals surface area contributed by atoms with Gasteiger partial charge in [0.25, 0.3) is 11.8 Å². The molecule has 0 aromatic heterocycles. The molecule has 0 N–H and O–H groups in total. The van der Waals surface area contributed by atoms with Crippen LogP contribution in [0, 0.1) is 6.92 Å². The summed E-state index contributed by atoms with van der Waals surface area (Å²) in [6.45, 7) is 2.62. The van der Waals surface area contributed by atoms with E-state index in [0.717, 1.165) is 24.1 Å². The number of rotatable bonds is 4. The Labute approximate surface area is 187 Å². The Hall–Kier alpha value is -3.86. The highest BCUT2D eigenvalue weighted by atomic mass is 16.5. The Kier molecular flexibility index (Phi) is 5.02. The van der Waals surface area contributed by atoms with E-state index < -0.39 is 0 Å². The van der Waals surface area contributed by atoms with Crippen LogP contribution in [0.3, 0.4) is 0 Å². The molecule has 160 valence electrons. The van der Waals surface area contributed by atoms with Crippen LogP contribution in [-0.4, -0.2) is 25.5 Å². The highest BCUT2D eigenvalue weighted by Gasteiger charge is 2.44. The van der Waals surface area contributed by atoms with Crippen LogP contribution in [0.2, 0.25) is 0 Å². The Balaban J connectivity index is 1.74. The van der Waals surface area contributed by atoms with Crippen LogP contribution in [0.1, 0.15) is 23.1 Å². The van der Waals surface area contributed by atoms with Crippen LogP contribution < -0.4 is 14.5 Å². The number of hydrogen-bond acceptors (Lipinski definition) is 4. The minimum atomic E-state index is -0.330. The number of methoxy groups -OCH3 is 1. The minimum Gasteiger partial charge on any atom is -0.496 e. The minimum absolute atomic E-state index is 0.307. The normalized spacial score (nSPS) is 15.9. The maximum Gasteiger partial charge on any atom is 0.282 e. The molecular weight excluding hydrogens is 400 g/mol. The van der Waals surface area contributed by atoms with Gasteiger partial charge in [-0.1, -0.05) is 48.5 Å². The summed E-state index contributed by atoms with van der Waals surface area (Å²) in [6, 6.07) is 23.0. The lowest BCUT2D eigenvalue weighted by atomic mass is 9.98. The number of hydrogen-bond donors (Lipinski definition) is 0. The Bertz CT molecular complexity index is 1260. The van der Waals surface area contributed by atoms with E-state index in [1.165, 1.54) is 10.5 Å². The molecule has 0 atom stereocenters. The predicted octanol–water partition coefficient (Wildman–Crippen LogP) is 4.74. The zero-order valence-corrected chi connectivity index (χ0v) is 18.2. The number of fused-ring (bicyclic) bond motifs is 1. The molecule has 5 heteroatoms. The molecular formula is C27H24N2O3. The molecule has 2 aliphatic rings. The van der Waals surface area contributed by atoms with E-state index in [4.69, 9.17) is 4.74 Å². The van der Waals surface area contributed by atoms with E-state index in [1.54, 1.807) is 13.2 Å². The molecule has 2 aliphatic heterocycles. The van der Waals surface area contributed by atoms with Crippen molar-refractivity contribution in [2.75, 3.05) is 23.5 Å². The van der Waals surface area contributed by atoms with Crippen LogP contribution in [0.5, 0.6) is 5.75 Å². The molecule has 2 amide bonds. The molecule has 2 heterocycles. The number of benzene rings is 3. The first-order chi connectivity index (χ1) is 15.6. The predicted molar refractivity (Wildman–Crippen MR) is 126 cm³/mol. The molecule has 0 saturated heterocycles. The topological polar surface area (TPSA) is 49.9 Å². The summed E-state index contributed by atoms with van der Waals surface area (Å²) in [7, 11) is 1.58. The molecule has 0 unspecified atom stereocenters. The standard InChI is InChI=1S/C27H24N2O3/c1-18-9-7-12-20(17-18)29-26(30)24(21-13-4-6-15-23(21)32-2)25(27(29)31)28-16-8-11-19-10-3-5-14-22(19)28/h3-7,9-10,12-15,17H,8,11,16H2,1-2H3. The largest absolute Gasteiger partial charge is 0.496 e. The third-order valence-electron chi connectivity index (χ3n) is 6.08. The van der Waals surface area contributed by atoms with Crippen molar-refractivity contribution in [1.82, 2.24) is 0 Å². The highest BCUT2D eigenvalue weighted by molar-refractivity contribution is 6.46. The number of amides is 2. The highest BCUT2D eigenvalue weighted by Crippen LogP contribution is 2.41. The average Bonchev–Trinajstić information content (AvgIpc) is 3.08. The maximum atomic E-state index is 13.9. The molecule has 3 aromatic carbocycles. The third kappa shape index (κ3) is 3.17. The number of imide groups is 1. The second-order valence-electron chi connectivity index (χ2n) is 8.09. The molecule has 0 fully saturated rings. The van der Waals surface area contributed by atoms with Gasteiger partial charge in [-0.2, -0.15) is 0 Å². The van der Waals surface area contributed by atoms with Crippen molar-refractivity contribution in [1.29, 1.82) is 0 Å². The lowest BCUT2D eigenvalue weighted by Crippen LogP contribution is -2.37. The van der Waals surface area contributed by atoms with Gasteiger partial charge < -0.3 is 9.64 Å². The van der Waals surface area contributed by atoms with Crippen molar-refractivity contribution in [3.63, 3.8) is 0 Å². The van der Waals surface area contributed by atoms with E-state index in [-0.39, 0.29) is 11.8 Å². The first kappa shape index (κ1) is 20.1. The second-order valence-corrected chi connectivity index (χ2v) is 8.09. The third-order valence-corrected chi connectivity index (χ3v) is 6.08. The van der Waals surface area contributed by atoms with Gasteiger partial charge in [0, 0.05) is 17.8 Å². The summed E-state index contributed by atoms with van der Waals surface area (Å²) < 4.78 is 5.57.